The van der Waals surface area contributed by atoms with Gasteiger partial charge in [0.15, 0.2) is 0 Å². The lowest BCUT2D eigenvalue weighted by atomic mass is 9.93. The molecule has 0 saturated heterocycles. The van der Waals surface area contributed by atoms with E-state index in [1.165, 1.54) is 0 Å². The SMILES string of the molecule is NS(=O)(=O)c1cc([N+](=O)[O-])cc(C(=O)NC2CCC2)c1Br. The van der Waals surface area contributed by atoms with E-state index in [1.54, 1.807) is 0 Å². The van der Waals surface area contributed by atoms with Crippen LogP contribution >= 0.6 is 15.9 Å². The highest BCUT2D eigenvalue weighted by Crippen LogP contribution is 2.31. The maximum absolute atomic E-state index is 12.1. The first-order valence-electron chi connectivity index (χ1n) is 6.01. The van der Waals surface area contributed by atoms with Crippen LogP contribution in [-0.4, -0.2) is 25.3 Å². The van der Waals surface area contributed by atoms with Gasteiger partial charge in [-0.05, 0) is 35.2 Å². The van der Waals surface area contributed by atoms with Gasteiger partial charge in [-0.25, -0.2) is 13.6 Å². The Hall–Kier alpha value is -1.52. The number of halogens is 1. The summed E-state index contributed by atoms with van der Waals surface area (Å²) in [6, 6.07) is 1.85. The largest absolute Gasteiger partial charge is 0.349 e. The molecule has 21 heavy (non-hydrogen) atoms. The summed E-state index contributed by atoms with van der Waals surface area (Å²) in [6.45, 7) is 0. The molecule has 0 heterocycles. The van der Waals surface area contributed by atoms with Crippen LogP contribution in [0.25, 0.3) is 0 Å². The Labute approximate surface area is 129 Å². The molecule has 0 radical (unpaired) electrons. The predicted molar refractivity (Wildman–Crippen MR) is 77.3 cm³/mol. The Morgan fingerprint density at radius 3 is 2.48 bits per heavy atom. The minimum absolute atomic E-state index is 0.0154. The molecule has 114 valence electrons. The van der Waals surface area contributed by atoms with Gasteiger partial charge in [-0.2, -0.15) is 0 Å². The van der Waals surface area contributed by atoms with E-state index in [0.29, 0.717) is 0 Å². The molecule has 1 aromatic carbocycles. The van der Waals surface area contributed by atoms with Gasteiger partial charge < -0.3 is 5.32 Å². The molecule has 1 aliphatic rings. The maximum atomic E-state index is 12.1. The molecule has 1 aliphatic carbocycles. The number of nitrogens with two attached hydrogens (primary N) is 1. The summed E-state index contributed by atoms with van der Waals surface area (Å²) in [5.74, 6) is -0.569. The number of nitrogens with zero attached hydrogens (tertiary/aromatic N) is 1. The average Bonchev–Trinajstić information content (AvgIpc) is 2.32. The zero-order valence-corrected chi connectivity index (χ0v) is 13.1. The third-order valence-corrected chi connectivity index (χ3v) is 5.28. The van der Waals surface area contributed by atoms with E-state index >= 15 is 0 Å². The number of non-ortho nitro benzene ring substituents is 1. The van der Waals surface area contributed by atoms with Crippen molar-refractivity contribution in [3.63, 3.8) is 0 Å². The van der Waals surface area contributed by atoms with Crippen molar-refractivity contribution >= 4 is 37.5 Å². The molecule has 0 atom stereocenters. The molecular weight excluding hydrogens is 366 g/mol. The van der Waals surface area contributed by atoms with Crippen LogP contribution in [0.15, 0.2) is 21.5 Å². The second-order valence-corrected chi connectivity index (χ2v) is 7.03. The summed E-state index contributed by atoms with van der Waals surface area (Å²) in [5.41, 5.74) is -0.638. The highest BCUT2D eigenvalue weighted by atomic mass is 79.9. The molecule has 1 saturated carbocycles. The normalized spacial score (nSPS) is 15.3. The highest BCUT2D eigenvalue weighted by molar-refractivity contribution is 9.10. The zero-order valence-electron chi connectivity index (χ0n) is 10.7. The third-order valence-electron chi connectivity index (χ3n) is 3.23. The van der Waals surface area contributed by atoms with E-state index in [-0.39, 0.29) is 16.1 Å². The van der Waals surface area contributed by atoms with Gasteiger partial charge in [0.25, 0.3) is 11.6 Å². The summed E-state index contributed by atoms with van der Waals surface area (Å²) in [5, 5.41) is 18.6. The maximum Gasteiger partial charge on any atom is 0.271 e. The number of nitrogens with one attached hydrogen (secondary N) is 1. The van der Waals surface area contributed by atoms with E-state index in [9.17, 15) is 23.3 Å². The van der Waals surface area contributed by atoms with Crippen molar-refractivity contribution in [2.75, 3.05) is 0 Å². The fraction of sp³-hybridized carbons (Fsp3) is 0.364. The number of benzene rings is 1. The molecule has 10 heteroatoms. The van der Waals surface area contributed by atoms with Crippen LogP contribution < -0.4 is 10.5 Å². The van der Waals surface area contributed by atoms with Crippen molar-refractivity contribution in [3.8, 4) is 0 Å². The van der Waals surface area contributed by atoms with Gasteiger partial charge in [-0.1, -0.05) is 0 Å². The molecule has 1 amide bonds. The second kappa shape index (κ2) is 5.70. The molecular formula is C11H12BrN3O5S. The van der Waals surface area contributed by atoms with Crippen molar-refractivity contribution in [1.82, 2.24) is 5.32 Å². The van der Waals surface area contributed by atoms with Crippen LogP contribution in [0.4, 0.5) is 5.69 Å². The predicted octanol–water partition coefficient (Wildman–Crippen LogP) is 1.29. The van der Waals surface area contributed by atoms with Gasteiger partial charge in [0.2, 0.25) is 10.0 Å². The third kappa shape index (κ3) is 3.39. The van der Waals surface area contributed by atoms with Crippen molar-refractivity contribution in [3.05, 3.63) is 32.3 Å². The van der Waals surface area contributed by atoms with E-state index in [2.05, 4.69) is 21.2 Å². The van der Waals surface area contributed by atoms with Gasteiger partial charge in [-0.3, -0.25) is 14.9 Å². The summed E-state index contributed by atoms with van der Waals surface area (Å²) in [7, 11) is -4.20. The van der Waals surface area contributed by atoms with Crippen molar-refractivity contribution < 1.29 is 18.1 Å². The van der Waals surface area contributed by atoms with Crippen LogP contribution in [0.1, 0.15) is 29.6 Å². The van der Waals surface area contributed by atoms with E-state index in [1.807, 2.05) is 0 Å². The fourth-order valence-corrected chi connectivity index (χ4v) is 3.61. The number of nitro benzene ring substituents is 1. The van der Waals surface area contributed by atoms with E-state index in [4.69, 9.17) is 5.14 Å². The first-order chi connectivity index (χ1) is 9.70. The highest BCUT2D eigenvalue weighted by Gasteiger charge is 2.27. The lowest BCUT2D eigenvalue weighted by molar-refractivity contribution is -0.385. The molecule has 3 N–H and O–H groups in total. The monoisotopic (exact) mass is 377 g/mol. The zero-order chi connectivity index (χ0) is 15.8. The number of hydrogen-bond donors (Lipinski definition) is 2. The number of hydrogen-bond acceptors (Lipinski definition) is 5. The molecule has 0 bridgehead atoms. The summed E-state index contributed by atoms with van der Waals surface area (Å²) in [6.07, 6.45) is 2.67. The van der Waals surface area contributed by atoms with Crippen molar-refractivity contribution in [1.29, 1.82) is 0 Å². The number of sulfonamides is 1. The summed E-state index contributed by atoms with van der Waals surface area (Å²) >= 11 is 2.99. The molecule has 1 aromatic rings. The number of carbonyl (C=O) groups is 1. The Kier molecular flexibility index (Phi) is 4.30. The molecule has 2 rings (SSSR count). The Bertz CT molecular complexity index is 715. The van der Waals surface area contributed by atoms with Crippen LogP contribution in [0.3, 0.4) is 0 Å². The number of primary sulfonamides is 1. The lowest BCUT2D eigenvalue weighted by Gasteiger charge is -2.26. The fourth-order valence-electron chi connectivity index (χ4n) is 1.88. The summed E-state index contributed by atoms with van der Waals surface area (Å²) in [4.78, 5) is 21.7. The van der Waals surface area contributed by atoms with Gasteiger partial charge in [0, 0.05) is 18.2 Å². The molecule has 8 nitrogen and oxygen atoms in total. The molecule has 0 aromatic heterocycles. The van der Waals surface area contributed by atoms with E-state index < -0.39 is 31.4 Å². The van der Waals surface area contributed by atoms with Crippen molar-refractivity contribution in [2.45, 2.75) is 30.2 Å². The topological polar surface area (TPSA) is 132 Å². The van der Waals surface area contributed by atoms with Crippen LogP contribution in [0.5, 0.6) is 0 Å². The number of amides is 1. The Balaban J connectivity index is 2.50. The summed E-state index contributed by atoms with van der Waals surface area (Å²) < 4.78 is 22.9. The number of carbonyl (C=O) groups excluding carboxylic acids is 1. The van der Waals surface area contributed by atoms with Crippen LogP contribution in [-0.2, 0) is 10.0 Å². The smallest absolute Gasteiger partial charge is 0.271 e. The van der Waals surface area contributed by atoms with Gasteiger partial charge in [0.05, 0.1) is 15.0 Å². The van der Waals surface area contributed by atoms with Crippen LogP contribution in [0.2, 0.25) is 0 Å². The Morgan fingerprint density at radius 2 is 2.05 bits per heavy atom. The molecule has 0 aliphatic heterocycles. The van der Waals surface area contributed by atoms with Crippen molar-refractivity contribution in [2.24, 2.45) is 5.14 Å². The minimum Gasteiger partial charge on any atom is -0.349 e. The minimum atomic E-state index is -4.20. The van der Waals surface area contributed by atoms with Crippen LogP contribution in [0, 0.1) is 10.1 Å². The molecule has 0 spiro atoms. The Morgan fingerprint density at radius 1 is 1.43 bits per heavy atom. The molecule has 1 fully saturated rings. The average molecular weight is 378 g/mol. The van der Waals surface area contributed by atoms with Gasteiger partial charge in [-0.15, -0.1) is 0 Å². The first-order valence-corrected chi connectivity index (χ1v) is 8.35. The van der Waals surface area contributed by atoms with Gasteiger partial charge in [0.1, 0.15) is 4.90 Å². The second-order valence-electron chi connectivity index (χ2n) is 4.71. The first kappa shape index (κ1) is 15.9. The molecule has 0 unspecified atom stereocenters. The standard InChI is InChI=1S/C11H12BrN3O5S/c12-10-8(11(16)14-6-2-1-3-6)4-7(15(17)18)5-9(10)21(13,19)20/h4-6H,1-3H2,(H,14,16)(H2,13,19,20). The number of nitro groups is 1. The van der Waals surface area contributed by atoms with Gasteiger partial charge >= 0.3 is 0 Å². The quantitative estimate of drug-likeness (QED) is 0.602. The lowest BCUT2D eigenvalue weighted by Crippen LogP contribution is -2.39. The van der Waals surface area contributed by atoms with E-state index in [0.717, 1.165) is 31.4 Å². The number of rotatable bonds is 4.